The number of ether oxygens (including phenoxy) is 1. The van der Waals surface area contributed by atoms with Crippen LogP contribution < -0.4 is 10.7 Å². The molecule has 0 saturated carbocycles. The minimum absolute atomic E-state index is 0.184. The van der Waals surface area contributed by atoms with Crippen LogP contribution in [0.4, 0.5) is 15.8 Å². The van der Waals surface area contributed by atoms with E-state index in [1.807, 2.05) is 6.92 Å². The van der Waals surface area contributed by atoms with Gasteiger partial charge in [0.15, 0.2) is 5.82 Å². The Hall–Kier alpha value is -2.45. The number of nitrogens with zero attached hydrogens (tertiary/aromatic N) is 2. The van der Waals surface area contributed by atoms with Gasteiger partial charge in [0, 0.05) is 16.3 Å². The molecule has 1 aliphatic rings. The number of aryl methyl sites for hydroxylation is 1. The first-order chi connectivity index (χ1) is 12.0. The van der Waals surface area contributed by atoms with Crippen LogP contribution in [0.2, 0.25) is 5.02 Å². The van der Waals surface area contributed by atoms with Gasteiger partial charge >= 0.3 is 0 Å². The normalized spacial score (nSPS) is 16.5. The second-order valence-corrected chi connectivity index (χ2v) is 6.38. The highest BCUT2D eigenvalue weighted by Crippen LogP contribution is 2.36. The van der Waals surface area contributed by atoms with E-state index in [1.165, 1.54) is 6.33 Å². The molecule has 2 heterocycles. The molecule has 0 amide bonds. The molecule has 9 heteroatoms. The lowest BCUT2D eigenvalue weighted by atomic mass is 10.1. The number of nitrogens with one attached hydrogen (secondary N) is 3. The summed E-state index contributed by atoms with van der Waals surface area (Å²) >= 11 is 10.1. The maximum Gasteiger partial charge on any atom is 0.266 e. The lowest BCUT2D eigenvalue weighted by Gasteiger charge is -2.19. The Morgan fingerprint density at radius 1 is 1.36 bits per heavy atom. The minimum atomic E-state index is -0.662. The zero-order valence-corrected chi connectivity index (χ0v) is 14.6. The van der Waals surface area contributed by atoms with Crippen LogP contribution in [0.5, 0.6) is 0 Å². The number of imidazole rings is 1. The summed E-state index contributed by atoms with van der Waals surface area (Å²) in [7, 11) is 0. The van der Waals surface area contributed by atoms with Crippen molar-refractivity contribution < 1.29 is 9.13 Å². The van der Waals surface area contributed by atoms with Crippen molar-refractivity contribution in [1.29, 1.82) is 0 Å². The number of anilines is 2. The van der Waals surface area contributed by atoms with Gasteiger partial charge in [-0.1, -0.05) is 24.2 Å². The molecule has 2 aromatic carbocycles. The van der Waals surface area contributed by atoms with E-state index in [0.717, 1.165) is 11.3 Å². The molecule has 1 atom stereocenters. The van der Waals surface area contributed by atoms with Gasteiger partial charge in [0.25, 0.3) is 5.23 Å². The maximum atomic E-state index is 15.1. The molecule has 3 N–H and O–H groups in total. The molecule has 0 radical (unpaired) electrons. The fourth-order valence-electron chi connectivity index (χ4n) is 2.70. The van der Waals surface area contributed by atoms with E-state index in [9.17, 15) is 0 Å². The number of aromatic amines is 1. The Balaban J connectivity index is 1.84. The third-order valence-corrected chi connectivity index (χ3v) is 4.36. The van der Waals surface area contributed by atoms with Crippen LogP contribution in [-0.2, 0) is 4.74 Å². The third-order valence-electron chi connectivity index (χ3n) is 3.92. The maximum absolute atomic E-state index is 15.1. The van der Waals surface area contributed by atoms with Crippen LogP contribution in [0.3, 0.4) is 0 Å². The molecule has 0 aliphatic carbocycles. The van der Waals surface area contributed by atoms with Crippen molar-refractivity contribution in [3.63, 3.8) is 0 Å². The average Bonchev–Trinajstić information content (AvgIpc) is 3.20. The lowest BCUT2D eigenvalue weighted by molar-refractivity contribution is 0.197. The highest BCUT2D eigenvalue weighted by Gasteiger charge is 2.26. The number of thiol groups is 1. The molecule has 6 nitrogen and oxygen atoms in total. The Morgan fingerprint density at radius 2 is 2.20 bits per heavy atom. The summed E-state index contributed by atoms with van der Waals surface area (Å²) in [5.41, 5.74) is 5.98. The van der Waals surface area contributed by atoms with E-state index in [0.29, 0.717) is 16.1 Å². The minimum Gasteiger partial charge on any atom is -0.442 e. The van der Waals surface area contributed by atoms with Crippen LogP contribution in [0.1, 0.15) is 17.4 Å². The van der Waals surface area contributed by atoms with E-state index in [-0.39, 0.29) is 16.4 Å². The first kappa shape index (κ1) is 16.0. The second-order valence-electron chi connectivity index (χ2n) is 5.56. The van der Waals surface area contributed by atoms with E-state index < -0.39 is 12.0 Å². The molecular formula is C16H13ClFN5OS. The van der Waals surface area contributed by atoms with Crippen molar-refractivity contribution in [3.05, 3.63) is 52.6 Å². The number of halogens is 2. The molecular weight excluding hydrogens is 365 g/mol. The molecule has 1 aliphatic heterocycles. The molecule has 128 valence electrons. The quantitative estimate of drug-likeness (QED) is 0.515. The topological polar surface area (TPSA) is 74.3 Å². The molecule has 25 heavy (non-hydrogen) atoms. The lowest BCUT2D eigenvalue weighted by Crippen LogP contribution is -2.15. The Kier molecular flexibility index (Phi) is 3.93. The molecule has 1 unspecified atom stereocenters. The molecule has 0 saturated heterocycles. The van der Waals surface area contributed by atoms with Gasteiger partial charge in [-0.15, -0.1) is 5.10 Å². The summed E-state index contributed by atoms with van der Waals surface area (Å²) in [5.74, 6) is -0.485. The highest BCUT2D eigenvalue weighted by molar-refractivity contribution is 7.96. The van der Waals surface area contributed by atoms with Crippen LogP contribution in [0, 0.1) is 12.7 Å². The van der Waals surface area contributed by atoms with E-state index in [4.69, 9.17) is 16.3 Å². The van der Waals surface area contributed by atoms with E-state index in [1.54, 1.807) is 24.3 Å². The summed E-state index contributed by atoms with van der Waals surface area (Å²) in [6.45, 7) is 1.89. The van der Waals surface area contributed by atoms with Gasteiger partial charge in [-0.25, -0.2) is 9.37 Å². The molecule has 3 aromatic rings. The van der Waals surface area contributed by atoms with Crippen molar-refractivity contribution in [2.45, 2.75) is 13.2 Å². The van der Waals surface area contributed by atoms with Gasteiger partial charge in [-0.2, -0.15) is 0 Å². The third kappa shape index (κ3) is 2.87. The van der Waals surface area contributed by atoms with Crippen LogP contribution in [0.15, 0.2) is 35.7 Å². The van der Waals surface area contributed by atoms with E-state index in [2.05, 4.69) is 38.4 Å². The van der Waals surface area contributed by atoms with Crippen molar-refractivity contribution >= 4 is 51.9 Å². The molecule has 1 aromatic heterocycles. The average molecular weight is 378 g/mol. The summed E-state index contributed by atoms with van der Waals surface area (Å²) < 4.78 is 20.6. The predicted molar refractivity (Wildman–Crippen MR) is 98.9 cm³/mol. The standard InChI is InChI=1S/C16H13ClFN5OS/c1-7-4-8(17)2-3-10(7)21-13-9(15-22-23-16(25)24-15)5-11-14(12(13)18)20-6-19-11/h2-6,15,21-22H,1H3,(H,19,20)(H,23,25). The van der Waals surface area contributed by atoms with Crippen LogP contribution in [0.25, 0.3) is 11.0 Å². The van der Waals surface area contributed by atoms with Gasteiger partial charge in [-0.3, -0.25) is 5.43 Å². The molecule has 0 fully saturated rings. The van der Waals surface area contributed by atoms with Crippen molar-refractivity contribution in [3.8, 4) is 0 Å². The largest absolute Gasteiger partial charge is 0.442 e. The number of rotatable bonds is 3. The second kappa shape index (κ2) is 6.12. The Labute approximate surface area is 152 Å². The van der Waals surface area contributed by atoms with Gasteiger partial charge < -0.3 is 15.0 Å². The Morgan fingerprint density at radius 3 is 2.92 bits per heavy atom. The monoisotopic (exact) mass is 377 g/mol. The Bertz CT molecular complexity index is 1010. The zero-order chi connectivity index (χ0) is 17.6. The van der Waals surface area contributed by atoms with Gasteiger partial charge in [0.1, 0.15) is 5.52 Å². The number of aromatic nitrogens is 2. The molecule has 0 spiro atoms. The van der Waals surface area contributed by atoms with Crippen molar-refractivity contribution in [2.75, 3.05) is 5.32 Å². The highest BCUT2D eigenvalue weighted by atomic mass is 35.5. The number of benzene rings is 2. The molecule has 4 rings (SSSR count). The number of H-pyrrole nitrogens is 1. The number of hydrazone groups is 1. The fraction of sp³-hybridized carbons (Fsp3) is 0.125. The SMILES string of the molecule is Cc1cc(Cl)ccc1Nc1c(C2NN=C(S)O2)cc2[nH]cnc2c1F. The summed E-state index contributed by atoms with van der Waals surface area (Å²) in [5, 5.41) is 7.81. The van der Waals surface area contributed by atoms with Crippen LogP contribution >= 0.6 is 24.2 Å². The van der Waals surface area contributed by atoms with Crippen molar-refractivity contribution in [2.24, 2.45) is 5.10 Å². The predicted octanol–water partition coefficient (Wildman–Crippen LogP) is 4.23. The fourth-order valence-corrected chi connectivity index (χ4v) is 3.09. The summed E-state index contributed by atoms with van der Waals surface area (Å²) in [6.07, 6.45) is 0.781. The van der Waals surface area contributed by atoms with Gasteiger partial charge in [0.2, 0.25) is 6.23 Å². The number of hydrogen-bond donors (Lipinski definition) is 4. The first-order valence-corrected chi connectivity index (χ1v) is 8.23. The van der Waals surface area contributed by atoms with E-state index >= 15 is 4.39 Å². The molecule has 0 bridgehead atoms. The zero-order valence-electron chi connectivity index (χ0n) is 13.0. The number of hydrogen-bond acceptors (Lipinski definition) is 5. The summed E-state index contributed by atoms with van der Waals surface area (Å²) in [4.78, 5) is 6.95. The first-order valence-electron chi connectivity index (χ1n) is 7.40. The van der Waals surface area contributed by atoms with Gasteiger partial charge in [0.05, 0.1) is 17.5 Å². The van der Waals surface area contributed by atoms with Crippen LogP contribution in [-0.4, -0.2) is 15.2 Å². The van der Waals surface area contributed by atoms with Gasteiger partial charge in [-0.05, 0) is 36.8 Å². The smallest absolute Gasteiger partial charge is 0.266 e. The number of fused-ring (bicyclic) bond motifs is 1. The van der Waals surface area contributed by atoms with Crippen molar-refractivity contribution in [1.82, 2.24) is 15.4 Å². The summed E-state index contributed by atoms with van der Waals surface area (Å²) in [6, 6.07) is 7.09.